The van der Waals surface area contributed by atoms with Crippen molar-refractivity contribution in [1.82, 2.24) is 19.8 Å². The maximum atomic E-state index is 13.6. The molecule has 0 bridgehead atoms. The van der Waals surface area contributed by atoms with E-state index in [-0.39, 0.29) is 18.2 Å². The fourth-order valence-electron chi connectivity index (χ4n) is 5.32. The number of piperidine rings is 1. The highest BCUT2D eigenvalue weighted by atomic mass is 35.5. The number of aryl methyl sites for hydroxylation is 1. The third-order valence-electron chi connectivity index (χ3n) is 7.09. The molecule has 2 atom stereocenters. The monoisotopic (exact) mass is 568 g/mol. The Balaban J connectivity index is 1.49. The number of methoxy groups -OCH3 is 1. The van der Waals surface area contributed by atoms with Gasteiger partial charge in [0.05, 0.1) is 11.0 Å². The highest BCUT2D eigenvalue weighted by Gasteiger charge is 2.30. The number of imidazole rings is 1. The van der Waals surface area contributed by atoms with Crippen molar-refractivity contribution in [1.29, 1.82) is 0 Å². The summed E-state index contributed by atoms with van der Waals surface area (Å²) in [6.07, 6.45) is 2.91. The zero-order valence-electron chi connectivity index (χ0n) is 24.0. The van der Waals surface area contributed by atoms with Crippen LogP contribution in [-0.4, -0.2) is 64.9 Å². The fraction of sp³-hybridized carbons (Fsp3) is 0.516. The molecule has 1 aromatic heterocycles. The van der Waals surface area contributed by atoms with E-state index in [4.69, 9.17) is 26.1 Å². The minimum Gasteiger partial charge on any atom is -0.444 e. The average molecular weight is 569 g/mol. The number of rotatable bonds is 10. The molecule has 1 fully saturated rings. The van der Waals surface area contributed by atoms with E-state index >= 15 is 0 Å². The van der Waals surface area contributed by atoms with E-state index in [1.165, 1.54) is 0 Å². The number of aromatic nitrogens is 2. The molecule has 2 aromatic carbocycles. The molecule has 0 spiro atoms. The van der Waals surface area contributed by atoms with Crippen molar-refractivity contribution in [3.05, 3.63) is 64.9 Å². The van der Waals surface area contributed by atoms with Crippen LogP contribution in [0.25, 0.3) is 11.0 Å². The van der Waals surface area contributed by atoms with E-state index in [9.17, 15) is 9.59 Å². The predicted octanol–water partition coefficient (Wildman–Crippen LogP) is 5.96. The quantitative estimate of drug-likeness (QED) is 0.305. The molecule has 0 radical (unpaired) electrons. The van der Waals surface area contributed by atoms with Gasteiger partial charge in [-0.05, 0) is 76.3 Å². The molecule has 1 aliphatic rings. The van der Waals surface area contributed by atoms with E-state index in [1.807, 2.05) is 68.1 Å². The van der Waals surface area contributed by atoms with Crippen LogP contribution in [0, 0.1) is 0 Å². The second kappa shape index (κ2) is 13.5. The Bertz CT molecular complexity index is 1280. The van der Waals surface area contributed by atoms with Crippen LogP contribution in [-0.2, 0) is 27.2 Å². The summed E-state index contributed by atoms with van der Waals surface area (Å²) in [6.45, 7) is 8.26. The smallest absolute Gasteiger partial charge is 0.407 e. The molecule has 3 aromatic rings. The number of hydrogen-bond acceptors (Lipinski definition) is 5. The first kappa shape index (κ1) is 29.9. The van der Waals surface area contributed by atoms with E-state index in [1.54, 1.807) is 7.11 Å². The summed E-state index contributed by atoms with van der Waals surface area (Å²) in [5, 5.41) is 3.58. The zero-order valence-corrected chi connectivity index (χ0v) is 24.7. The van der Waals surface area contributed by atoms with Crippen molar-refractivity contribution in [3.8, 4) is 0 Å². The first-order valence-corrected chi connectivity index (χ1v) is 14.5. The molecule has 40 heavy (non-hydrogen) atoms. The summed E-state index contributed by atoms with van der Waals surface area (Å²) in [7, 11) is 1.72. The summed E-state index contributed by atoms with van der Waals surface area (Å²) in [5.74, 6) is 1.18. The minimum absolute atomic E-state index is 0.0155. The number of carbonyl (C=O) groups is 2. The first-order valence-electron chi connectivity index (χ1n) is 14.1. The Hall–Kier alpha value is -3.10. The third-order valence-corrected chi connectivity index (χ3v) is 7.34. The van der Waals surface area contributed by atoms with Crippen molar-refractivity contribution >= 4 is 34.6 Å². The highest BCUT2D eigenvalue weighted by molar-refractivity contribution is 6.30. The molecule has 0 saturated carbocycles. The average Bonchev–Trinajstić information content (AvgIpc) is 3.28. The Morgan fingerprint density at radius 1 is 1.15 bits per heavy atom. The van der Waals surface area contributed by atoms with Gasteiger partial charge in [0.1, 0.15) is 11.4 Å². The van der Waals surface area contributed by atoms with Gasteiger partial charge in [0, 0.05) is 56.8 Å². The summed E-state index contributed by atoms with van der Waals surface area (Å²) >= 11 is 6.06. The molecule has 1 aliphatic heterocycles. The third kappa shape index (κ3) is 8.21. The lowest BCUT2D eigenvalue weighted by atomic mass is 9.95. The molecule has 1 N–H and O–H groups in total. The molecule has 1 unspecified atom stereocenters. The Morgan fingerprint density at radius 3 is 2.62 bits per heavy atom. The van der Waals surface area contributed by atoms with Gasteiger partial charge in [-0.1, -0.05) is 35.9 Å². The van der Waals surface area contributed by atoms with Gasteiger partial charge in [-0.15, -0.1) is 0 Å². The van der Waals surface area contributed by atoms with Gasteiger partial charge >= 0.3 is 6.09 Å². The zero-order chi connectivity index (χ0) is 28.7. The molecule has 9 heteroatoms. The number of benzene rings is 2. The highest BCUT2D eigenvalue weighted by Crippen LogP contribution is 2.30. The number of hydrogen-bond donors (Lipinski definition) is 1. The number of nitrogens with one attached hydrogen (secondary N) is 1. The second-order valence-corrected chi connectivity index (χ2v) is 11.9. The molecular weight excluding hydrogens is 528 g/mol. The van der Waals surface area contributed by atoms with Crippen molar-refractivity contribution < 1.29 is 19.1 Å². The van der Waals surface area contributed by atoms with E-state index in [0.717, 1.165) is 48.2 Å². The molecule has 2 heterocycles. The van der Waals surface area contributed by atoms with Crippen LogP contribution in [0.3, 0.4) is 0 Å². The Kier molecular flexibility index (Phi) is 10.1. The number of amides is 2. The van der Waals surface area contributed by atoms with Gasteiger partial charge in [-0.25, -0.2) is 9.78 Å². The number of carbonyl (C=O) groups excluding carboxylic acids is 2. The largest absolute Gasteiger partial charge is 0.444 e. The standard InChI is InChI=1S/C31H41ClN4O4/c1-31(2,3)40-30(38)33-25(19-22-12-14-24(32)15-13-22)20-28(37)35-16-7-9-23(21-35)29-34-26-10-5-6-11-27(26)36(29)17-8-18-39-4/h5-6,10-15,23,25H,7-9,16-21H2,1-4H3,(H,33,38)/t23?,25-/m1/s1. The van der Waals surface area contributed by atoms with E-state index < -0.39 is 17.7 Å². The minimum atomic E-state index is -0.631. The van der Waals surface area contributed by atoms with Crippen LogP contribution in [0.2, 0.25) is 5.02 Å². The molecule has 216 valence electrons. The van der Waals surface area contributed by atoms with Gasteiger partial charge in [0.2, 0.25) is 5.91 Å². The maximum Gasteiger partial charge on any atom is 0.407 e. The molecule has 1 saturated heterocycles. The number of halogens is 1. The van der Waals surface area contributed by atoms with Gasteiger partial charge in [0.25, 0.3) is 0 Å². The van der Waals surface area contributed by atoms with Crippen molar-refractivity contribution in [2.75, 3.05) is 26.8 Å². The van der Waals surface area contributed by atoms with Crippen LogP contribution >= 0.6 is 11.6 Å². The van der Waals surface area contributed by atoms with Crippen LogP contribution in [0.4, 0.5) is 4.79 Å². The van der Waals surface area contributed by atoms with Crippen LogP contribution in [0.15, 0.2) is 48.5 Å². The number of para-hydroxylation sites is 2. The van der Waals surface area contributed by atoms with E-state index in [2.05, 4.69) is 16.0 Å². The predicted molar refractivity (Wildman–Crippen MR) is 158 cm³/mol. The fourth-order valence-corrected chi connectivity index (χ4v) is 5.44. The first-order chi connectivity index (χ1) is 19.1. The summed E-state index contributed by atoms with van der Waals surface area (Å²) in [4.78, 5) is 33.2. The number of likely N-dealkylation sites (tertiary alicyclic amines) is 1. The molecule has 2 amide bonds. The summed E-state index contributed by atoms with van der Waals surface area (Å²) in [5.41, 5.74) is 2.44. The van der Waals surface area contributed by atoms with Crippen LogP contribution in [0.1, 0.15) is 63.8 Å². The number of ether oxygens (including phenoxy) is 2. The second-order valence-electron chi connectivity index (χ2n) is 11.5. The number of alkyl carbamates (subject to hydrolysis) is 1. The normalized spacial score (nSPS) is 16.6. The van der Waals surface area contributed by atoms with Crippen LogP contribution < -0.4 is 5.32 Å². The lowest BCUT2D eigenvalue weighted by Crippen LogP contribution is -2.46. The molecule has 4 rings (SSSR count). The maximum absolute atomic E-state index is 13.6. The molecular formula is C31H41ClN4O4. The number of fused-ring (bicyclic) bond motifs is 1. The topological polar surface area (TPSA) is 85.7 Å². The lowest BCUT2D eigenvalue weighted by molar-refractivity contribution is -0.132. The molecule has 0 aliphatic carbocycles. The van der Waals surface area contributed by atoms with Gasteiger partial charge in [-0.2, -0.15) is 0 Å². The Labute approximate surface area is 242 Å². The van der Waals surface area contributed by atoms with Crippen molar-refractivity contribution in [2.24, 2.45) is 0 Å². The Morgan fingerprint density at radius 2 is 1.90 bits per heavy atom. The van der Waals surface area contributed by atoms with Crippen molar-refractivity contribution in [2.45, 2.75) is 77.0 Å². The lowest BCUT2D eigenvalue weighted by Gasteiger charge is -2.34. The summed E-state index contributed by atoms with van der Waals surface area (Å²) in [6, 6.07) is 15.2. The van der Waals surface area contributed by atoms with Gasteiger partial charge in [-0.3, -0.25) is 4.79 Å². The van der Waals surface area contributed by atoms with E-state index in [0.29, 0.717) is 31.1 Å². The van der Waals surface area contributed by atoms with Crippen LogP contribution in [0.5, 0.6) is 0 Å². The van der Waals surface area contributed by atoms with Gasteiger partial charge < -0.3 is 24.3 Å². The SMILES string of the molecule is COCCCn1c(C2CCCN(C(=O)C[C@@H](Cc3ccc(Cl)cc3)NC(=O)OC(C)(C)C)C2)nc2ccccc21. The number of nitrogens with zero attached hydrogens (tertiary/aromatic N) is 3. The summed E-state index contributed by atoms with van der Waals surface area (Å²) < 4.78 is 13.1. The van der Waals surface area contributed by atoms with Crippen molar-refractivity contribution in [3.63, 3.8) is 0 Å². The molecule has 8 nitrogen and oxygen atoms in total. The van der Waals surface area contributed by atoms with Gasteiger partial charge in [0.15, 0.2) is 0 Å².